The molecule has 66 valence electrons. The Kier molecular flexibility index (Phi) is 2.72. The van der Waals surface area contributed by atoms with Crippen LogP contribution in [-0.4, -0.2) is 34.6 Å². The number of aliphatic hydroxyl groups excluding tert-OH is 1. The first kappa shape index (κ1) is 9.08. The van der Waals surface area contributed by atoms with Crippen LogP contribution in [-0.2, 0) is 4.79 Å². The number of likely N-dealkylation sites (tertiary alicyclic amines) is 1. The first-order valence-electron chi connectivity index (χ1n) is 4.10. The number of amides is 1. The van der Waals surface area contributed by atoms with Gasteiger partial charge in [-0.15, -0.1) is 6.42 Å². The first-order valence-corrected chi connectivity index (χ1v) is 4.10. The van der Waals surface area contributed by atoms with E-state index in [4.69, 9.17) is 6.42 Å². The summed E-state index contributed by atoms with van der Waals surface area (Å²) in [5.41, 5.74) is 0. The van der Waals surface area contributed by atoms with Crippen molar-refractivity contribution in [3.8, 4) is 12.3 Å². The molecule has 2 atom stereocenters. The molecule has 0 aromatic heterocycles. The molecule has 0 aromatic carbocycles. The smallest absolute Gasteiger partial charge is 0.298 e. The molecular weight excluding hydrogens is 154 g/mol. The number of hydrogen-bond donors (Lipinski definition) is 1. The van der Waals surface area contributed by atoms with Gasteiger partial charge in [0.05, 0.1) is 6.10 Å². The zero-order valence-electron chi connectivity index (χ0n) is 7.16. The quantitative estimate of drug-likeness (QED) is 0.515. The molecule has 0 aromatic rings. The van der Waals surface area contributed by atoms with E-state index in [1.807, 2.05) is 6.92 Å². The standard InChI is InChI=1S/C9H13NO2/c1-3-9(12)10-5-4-8(11)6-7(10)2/h1,7-8,11H,4-6H2,2H3. The van der Waals surface area contributed by atoms with E-state index in [0.717, 1.165) is 0 Å². The van der Waals surface area contributed by atoms with Crippen molar-refractivity contribution in [2.45, 2.75) is 31.9 Å². The van der Waals surface area contributed by atoms with Gasteiger partial charge in [-0.3, -0.25) is 4.79 Å². The Labute approximate surface area is 72.4 Å². The predicted molar refractivity (Wildman–Crippen MR) is 45.2 cm³/mol. The van der Waals surface area contributed by atoms with Gasteiger partial charge < -0.3 is 10.0 Å². The van der Waals surface area contributed by atoms with E-state index < -0.39 is 0 Å². The summed E-state index contributed by atoms with van der Waals surface area (Å²) in [6.07, 6.45) is 5.99. The highest BCUT2D eigenvalue weighted by molar-refractivity contribution is 5.93. The van der Waals surface area contributed by atoms with E-state index in [1.54, 1.807) is 4.90 Å². The van der Waals surface area contributed by atoms with Gasteiger partial charge in [0.1, 0.15) is 0 Å². The summed E-state index contributed by atoms with van der Waals surface area (Å²) in [6, 6.07) is 0.0669. The number of carbonyl (C=O) groups is 1. The second-order valence-electron chi connectivity index (χ2n) is 3.17. The first-order chi connectivity index (χ1) is 5.65. The van der Waals surface area contributed by atoms with E-state index in [2.05, 4.69) is 5.92 Å². The van der Waals surface area contributed by atoms with Gasteiger partial charge in [0.25, 0.3) is 5.91 Å². The number of hydrogen-bond acceptors (Lipinski definition) is 2. The van der Waals surface area contributed by atoms with Gasteiger partial charge >= 0.3 is 0 Å². The average molecular weight is 167 g/mol. The van der Waals surface area contributed by atoms with Crippen LogP contribution in [0.4, 0.5) is 0 Å². The van der Waals surface area contributed by atoms with Crippen molar-refractivity contribution in [1.82, 2.24) is 4.90 Å². The van der Waals surface area contributed by atoms with Crippen LogP contribution in [0.1, 0.15) is 19.8 Å². The number of rotatable bonds is 0. The number of carbonyl (C=O) groups excluding carboxylic acids is 1. The van der Waals surface area contributed by atoms with Crippen LogP contribution in [0.5, 0.6) is 0 Å². The van der Waals surface area contributed by atoms with Crippen LogP contribution >= 0.6 is 0 Å². The average Bonchev–Trinajstić information content (AvgIpc) is 2.03. The maximum atomic E-state index is 11.1. The molecule has 0 bridgehead atoms. The van der Waals surface area contributed by atoms with Crippen molar-refractivity contribution in [1.29, 1.82) is 0 Å². The molecule has 1 amide bonds. The van der Waals surface area contributed by atoms with Crippen molar-refractivity contribution in [2.75, 3.05) is 6.54 Å². The SMILES string of the molecule is C#CC(=O)N1CCC(O)CC1C. The van der Waals surface area contributed by atoms with Gasteiger partial charge in [0.15, 0.2) is 0 Å². The molecule has 12 heavy (non-hydrogen) atoms. The van der Waals surface area contributed by atoms with E-state index in [0.29, 0.717) is 19.4 Å². The molecule has 1 N–H and O–H groups in total. The molecule has 0 aliphatic carbocycles. The van der Waals surface area contributed by atoms with E-state index in [9.17, 15) is 9.90 Å². The van der Waals surface area contributed by atoms with Gasteiger partial charge in [-0.25, -0.2) is 0 Å². The summed E-state index contributed by atoms with van der Waals surface area (Å²) < 4.78 is 0. The molecule has 3 heteroatoms. The Bertz CT molecular complexity index is 219. The Hall–Kier alpha value is -1.01. The lowest BCUT2D eigenvalue weighted by atomic mass is 10.0. The molecule has 1 rings (SSSR count). The predicted octanol–water partition coefficient (Wildman–Crippen LogP) is -0.00860. The summed E-state index contributed by atoms with van der Waals surface area (Å²) in [6.45, 7) is 2.48. The normalized spacial score (nSPS) is 29.6. The Balaban J connectivity index is 2.57. The van der Waals surface area contributed by atoms with Crippen LogP contribution < -0.4 is 0 Å². The van der Waals surface area contributed by atoms with Gasteiger partial charge in [-0.1, -0.05) is 0 Å². The minimum Gasteiger partial charge on any atom is -0.393 e. The lowest BCUT2D eigenvalue weighted by Gasteiger charge is -2.34. The monoisotopic (exact) mass is 167 g/mol. The number of piperidine rings is 1. The van der Waals surface area contributed by atoms with Crippen LogP contribution in [0.25, 0.3) is 0 Å². The molecule has 0 radical (unpaired) electrons. The van der Waals surface area contributed by atoms with Crippen molar-refractivity contribution < 1.29 is 9.90 Å². The molecule has 1 aliphatic rings. The molecule has 3 nitrogen and oxygen atoms in total. The van der Waals surface area contributed by atoms with Gasteiger partial charge in [0.2, 0.25) is 0 Å². The topological polar surface area (TPSA) is 40.5 Å². The van der Waals surface area contributed by atoms with Crippen molar-refractivity contribution in [3.63, 3.8) is 0 Å². The third-order valence-electron chi connectivity index (χ3n) is 2.23. The number of terminal acetylenes is 1. The summed E-state index contributed by atoms with van der Waals surface area (Å²) in [5, 5.41) is 9.26. The van der Waals surface area contributed by atoms with E-state index >= 15 is 0 Å². The van der Waals surface area contributed by atoms with Gasteiger partial charge in [-0.2, -0.15) is 0 Å². The minimum atomic E-state index is -0.276. The maximum Gasteiger partial charge on any atom is 0.298 e. The van der Waals surface area contributed by atoms with Gasteiger partial charge in [-0.05, 0) is 25.7 Å². The largest absolute Gasteiger partial charge is 0.393 e. The molecular formula is C9H13NO2. The second-order valence-corrected chi connectivity index (χ2v) is 3.17. The summed E-state index contributed by atoms with van der Waals surface area (Å²) >= 11 is 0. The lowest BCUT2D eigenvalue weighted by Crippen LogP contribution is -2.45. The Morgan fingerprint density at radius 2 is 2.42 bits per heavy atom. The highest BCUT2D eigenvalue weighted by Crippen LogP contribution is 2.16. The van der Waals surface area contributed by atoms with Crippen LogP contribution in [0.15, 0.2) is 0 Å². The van der Waals surface area contributed by atoms with E-state index in [-0.39, 0.29) is 18.1 Å². The summed E-state index contributed by atoms with van der Waals surface area (Å²) in [5.74, 6) is 1.82. The zero-order chi connectivity index (χ0) is 9.14. The third kappa shape index (κ3) is 1.77. The highest BCUT2D eigenvalue weighted by Gasteiger charge is 2.26. The fraction of sp³-hybridized carbons (Fsp3) is 0.667. The minimum absolute atomic E-state index is 0.0669. The molecule has 1 aliphatic heterocycles. The number of nitrogens with zero attached hydrogens (tertiary/aromatic N) is 1. The molecule has 1 fully saturated rings. The number of aliphatic hydroxyl groups is 1. The molecule has 1 heterocycles. The second kappa shape index (κ2) is 3.59. The third-order valence-corrected chi connectivity index (χ3v) is 2.23. The molecule has 1 saturated heterocycles. The Morgan fingerprint density at radius 1 is 1.75 bits per heavy atom. The Morgan fingerprint density at radius 3 is 2.92 bits per heavy atom. The maximum absolute atomic E-state index is 11.1. The summed E-state index contributed by atoms with van der Waals surface area (Å²) in [7, 11) is 0. The van der Waals surface area contributed by atoms with Gasteiger partial charge in [0, 0.05) is 12.6 Å². The fourth-order valence-corrected chi connectivity index (χ4v) is 1.53. The molecule has 0 spiro atoms. The van der Waals surface area contributed by atoms with Crippen LogP contribution in [0, 0.1) is 12.3 Å². The van der Waals surface area contributed by atoms with Crippen molar-refractivity contribution >= 4 is 5.91 Å². The van der Waals surface area contributed by atoms with Crippen LogP contribution in [0.3, 0.4) is 0 Å². The highest BCUT2D eigenvalue weighted by atomic mass is 16.3. The molecule has 0 saturated carbocycles. The molecule has 2 unspecified atom stereocenters. The van der Waals surface area contributed by atoms with Crippen LogP contribution in [0.2, 0.25) is 0 Å². The van der Waals surface area contributed by atoms with E-state index in [1.165, 1.54) is 0 Å². The van der Waals surface area contributed by atoms with Crippen molar-refractivity contribution in [2.24, 2.45) is 0 Å². The lowest BCUT2D eigenvalue weighted by molar-refractivity contribution is -0.129. The summed E-state index contributed by atoms with van der Waals surface area (Å²) in [4.78, 5) is 12.7. The van der Waals surface area contributed by atoms with Crippen molar-refractivity contribution in [3.05, 3.63) is 0 Å². The zero-order valence-corrected chi connectivity index (χ0v) is 7.16. The fourth-order valence-electron chi connectivity index (χ4n) is 1.53.